The first-order valence-electron chi connectivity index (χ1n) is 3.89. The van der Waals surface area contributed by atoms with Crippen LogP contribution in [0, 0.1) is 0 Å². The van der Waals surface area contributed by atoms with Gasteiger partial charge in [0.25, 0.3) is 0 Å². The van der Waals surface area contributed by atoms with Crippen LogP contribution in [-0.2, 0) is 23.1 Å². The van der Waals surface area contributed by atoms with E-state index in [4.69, 9.17) is 14.4 Å². The van der Waals surface area contributed by atoms with Crippen molar-refractivity contribution in [2.45, 2.75) is 13.8 Å². The summed E-state index contributed by atoms with van der Waals surface area (Å²) in [5.74, 6) is 0. The lowest BCUT2D eigenvalue weighted by molar-refractivity contribution is -0.0351. The Kier molecular flexibility index (Phi) is 7.45. The summed E-state index contributed by atoms with van der Waals surface area (Å²) in [7, 11) is -4.00. The molecule has 0 saturated heterocycles. The summed E-state index contributed by atoms with van der Waals surface area (Å²) in [6.07, 6.45) is 0. The molecule has 0 aromatic rings. The van der Waals surface area contributed by atoms with E-state index in [0.717, 1.165) is 0 Å². The van der Waals surface area contributed by atoms with Crippen LogP contribution in [0.15, 0.2) is 0 Å². The summed E-state index contributed by atoms with van der Waals surface area (Å²) in [6.45, 7) is 3.77. The van der Waals surface area contributed by atoms with Gasteiger partial charge in [-0.3, -0.25) is 9.05 Å². The van der Waals surface area contributed by atoms with Crippen molar-refractivity contribution in [1.82, 2.24) is 0 Å². The van der Waals surface area contributed by atoms with Gasteiger partial charge in [-0.2, -0.15) is 0 Å². The van der Waals surface area contributed by atoms with E-state index >= 15 is 0 Å². The molecule has 0 aromatic carbocycles. The van der Waals surface area contributed by atoms with Crippen molar-refractivity contribution in [3.63, 3.8) is 0 Å². The molecule has 0 atom stereocenters. The van der Waals surface area contributed by atoms with E-state index in [1.807, 2.05) is 0 Å². The lowest BCUT2D eigenvalue weighted by Gasteiger charge is -2.11. The molecule has 0 aliphatic carbocycles. The molecule has 0 aliphatic rings. The highest BCUT2D eigenvalue weighted by molar-refractivity contribution is 7.47. The van der Waals surface area contributed by atoms with Crippen LogP contribution in [0.2, 0.25) is 0 Å². The molecular formula is C6H15O6P. The minimum Gasteiger partial charge on any atom is -0.355 e. The van der Waals surface area contributed by atoms with Crippen LogP contribution in [0.25, 0.3) is 0 Å². The Morgan fingerprint density at radius 2 is 1.46 bits per heavy atom. The Morgan fingerprint density at radius 1 is 1.08 bits per heavy atom. The van der Waals surface area contributed by atoms with E-state index < -0.39 is 7.82 Å². The maximum Gasteiger partial charge on any atom is 0.476 e. The van der Waals surface area contributed by atoms with E-state index in [1.54, 1.807) is 13.8 Å². The molecule has 0 amide bonds. The molecule has 80 valence electrons. The smallest absolute Gasteiger partial charge is 0.355 e. The van der Waals surface area contributed by atoms with E-state index in [-0.39, 0.29) is 13.6 Å². The van der Waals surface area contributed by atoms with Crippen LogP contribution in [0.1, 0.15) is 13.8 Å². The van der Waals surface area contributed by atoms with E-state index in [9.17, 15) is 4.57 Å². The summed E-state index contributed by atoms with van der Waals surface area (Å²) in [4.78, 5) is 8.92. The minimum atomic E-state index is -4.00. The zero-order chi connectivity index (χ0) is 10.2. The first-order valence-corrected chi connectivity index (χ1v) is 5.39. The van der Waals surface area contributed by atoms with Crippen molar-refractivity contribution >= 4 is 7.82 Å². The zero-order valence-corrected chi connectivity index (χ0v) is 8.66. The molecule has 0 bridgehead atoms. The molecule has 0 heterocycles. The van der Waals surface area contributed by atoms with Crippen molar-refractivity contribution < 1.29 is 28.0 Å². The summed E-state index contributed by atoms with van der Waals surface area (Å²) in [6, 6.07) is 0. The second kappa shape index (κ2) is 7.44. The van der Waals surface area contributed by atoms with Gasteiger partial charge in [0.05, 0.1) is 0 Å². The number of phosphoric ester groups is 1. The molecule has 7 heteroatoms. The van der Waals surface area contributed by atoms with E-state index in [0.29, 0.717) is 13.2 Å². The van der Waals surface area contributed by atoms with Crippen LogP contribution in [0.5, 0.6) is 0 Å². The first kappa shape index (κ1) is 13.0. The fourth-order valence-corrected chi connectivity index (χ4v) is 0.902. The number of rotatable bonds is 8. The summed E-state index contributed by atoms with van der Waals surface area (Å²) in [5.41, 5.74) is 0. The van der Waals surface area contributed by atoms with Crippen molar-refractivity contribution in [1.29, 1.82) is 0 Å². The third-order valence-electron chi connectivity index (χ3n) is 1.01. The molecule has 0 saturated carbocycles. The van der Waals surface area contributed by atoms with E-state index in [2.05, 4.69) is 9.05 Å². The molecule has 13 heavy (non-hydrogen) atoms. The molecule has 0 rings (SSSR count). The topological polar surface area (TPSA) is 74.2 Å². The third-order valence-corrected chi connectivity index (χ3v) is 1.87. The minimum absolute atomic E-state index is 0.267. The molecule has 0 radical (unpaired) electrons. The average Bonchev–Trinajstić information content (AvgIpc) is 2.05. The number of phosphoric acid groups is 1. The van der Waals surface area contributed by atoms with Crippen molar-refractivity contribution in [2.75, 3.05) is 26.8 Å². The van der Waals surface area contributed by atoms with Gasteiger partial charge in [0, 0.05) is 13.2 Å². The molecule has 0 unspecified atom stereocenters. The van der Waals surface area contributed by atoms with Crippen molar-refractivity contribution in [3.05, 3.63) is 0 Å². The van der Waals surface area contributed by atoms with Crippen LogP contribution in [0.3, 0.4) is 0 Å². The standard InChI is InChI=1S/C6H15O6P/c1-3-9-5-11-13(7,8)12-6-10-4-2/h3-6H2,1-2H3,(H,7,8). The fraction of sp³-hybridized carbons (Fsp3) is 1.00. The van der Waals surface area contributed by atoms with Gasteiger partial charge in [-0.25, -0.2) is 4.57 Å². The Labute approximate surface area is 77.4 Å². The second-order valence-electron chi connectivity index (χ2n) is 1.95. The summed E-state index contributed by atoms with van der Waals surface area (Å²) >= 11 is 0. The third kappa shape index (κ3) is 8.36. The summed E-state index contributed by atoms with van der Waals surface area (Å²) < 4.78 is 29.1. The highest BCUT2D eigenvalue weighted by atomic mass is 31.2. The largest absolute Gasteiger partial charge is 0.476 e. The predicted molar refractivity (Wildman–Crippen MR) is 45.0 cm³/mol. The highest BCUT2D eigenvalue weighted by Gasteiger charge is 2.20. The van der Waals surface area contributed by atoms with Crippen LogP contribution in [0.4, 0.5) is 0 Å². The summed E-state index contributed by atoms with van der Waals surface area (Å²) in [5, 5.41) is 0. The molecular weight excluding hydrogens is 199 g/mol. The first-order chi connectivity index (χ1) is 6.12. The highest BCUT2D eigenvalue weighted by Crippen LogP contribution is 2.42. The Morgan fingerprint density at radius 3 is 1.77 bits per heavy atom. The van der Waals surface area contributed by atoms with Crippen molar-refractivity contribution in [3.8, 4) is 0 Å². The molecule has 0 fully saturated rings. The maximum atomic E-state index is 10.9. The molecule has 0 aliphatic heterocycles. The Balaban J connectivity index is 3.49. The predicted octanol–water partition coefficient (Wildman–Crippen LogP) is 1.11. The normalized spacial score (nSPS) is 11.9. The van der Waals surface area contributed by atoms with Gasteiger partial charge in [-0.1, -0.05) is 0 Å². The van der Waals surface area contributed by atoms with Crippen LogP contribution >= 0.6 is 7.82 Å². The lowest BCUT2D eigenvalue weighted by Crippen LogP contribution is -2.03. The number of hydrogen-bond donors (Lipinski definition) is 1. The number of hydrogen-bond acceptors (Lipinski definition) is 5. The maximum absolute atomic E-state index is 10.9. The SMILES string of the molecule is CCOCOP(=O)(O)OCOCC. The molecule has 0 aromatic heterocycles. The molecule has 1 N–H and O–H groups in total. The van der Waals surface area contributed by atoms with Gasteiger partial charge >= 0.3 is 7.82 Å². The van der Waals surface area contributed by atoms with Gasteiger partial charge in [-0.05, 0) is 13.8 Å². The fourth-order valence-electron chi connectivity index (χ4n) is 0.412. The van der Waals surface area contributed by atoms with Gasteiger partial charge in [-0.15, -0.1) is 0 Å². The van der Waals surface area contributed by atoms with Gasteiger partial charge in [0.1, 0.15) is 0 Å². The molecule has 0 spiro atoms. The quantitative estimate of drug-likeness (QED) is 0.370. The van der Waals surface area contributed by atoms with Gasteiger partial charge < -0.3 is 14.4 Å². The lowest BCUT2D eigenvalue weighted by atomic mass is 10.9. The van der Waals surface area contributed by atoms with Crippen LogP contribution in [-0.4, -0.2) is 31.7 Å². The molecule has 6 nitrogen and oxygen atoms in total. The zero-order valence-electron chi connectivity index (χ0n) is 7.76. The monoisotopic (exact) mass is 214 g/mol. The van der Waals surface area contributed by atoms with Crippen molar-refractivity contribution in [2.24, 2.45) is 0 Å². The average molecular weight is 214 g/mol. The Hall–Kier alpha value is 0.0300. The van der Waals surface area contributed by atoms with E-state index in [1.165, 1.54) is 0 Å². The number of ether oxygens (including phenoxy) is 2. The van der Waals surface area contributed by atoms with Gasteiger partial charge in [0.2, 0.25) is 0 Å². The second-order valence-corrected chi connectivity index (χ2v) is 3.40. The van der Waals surface area contributed by atoms with Gasteiger partial charge in [0.15, 0.2) is 13.6 Å². The Bertz CT molecular complexity index is 147. The van der Waals surface area contributed by atoms with Crippen LogP contribution < -0.4 is 0 Å².